The number of carbonyl (C=O) groups is 3. The van der Waals surface area contributed by atoms with Gasteiger partial charge in [0, 0.05) is 17.7 Å². The molecule has 3 N–H and O–H groups in total. The Morgan fingerprint density at radius 1 is 0.833 bits per heavy atom. The van der Waals surface area contributed by atoms with E-state index >= 15 is 0 Å². The van der Waals surface area contributed by atoms with Crippen molar-refractivity contribution in [1.82, 2.24) is 0 Å². The quantitative estimate of drug-likeness (QED) is 0.183. The van der Waals surface area contributed by atoms with E-state index in [9.17, 15) is 40.7 Å². The average molecular weight is 673 g/mol. The Hall–Kier alpha value is -3.19. The number of carbonyl (C=O) groups excluding carboxylic acids is 3. The maximum atomic E-state index is 14.4. The molecule has 0 bridgehead atoms. The van der Waals surface area contributed by atoms with Crippen LogP contribution in [0.15, 0.2) is 42.5 Å². The zero-order chi connectivity index (χ0) is 31.3. The van der Waals surface area contributed by atoms with Crippen molar-refractivity contribution in [2.45, 2.75) is 23.4 Å². The lowest BCUT2D eigenvalue weighted by Crippen LogP contribution is -2.30. The van der Waals surface area contributed by atoms with Crippen molar-refractivity contribution >= 4 is 81.2 Å². The van der Waals surface area contributed by atoms with Gasteiger partial charge >= 0.3 is 12.1 Å². The molecule has 2 atom stereocenters. The zero-order valence-corrected chi connectivity index (χ0v) is 23.7. The van der Waals surface area contributed by atoms with E-state index in [4.69, 9.17) is 46.4 Å². The van der Waals surface area contributed by atoms with Gasteiger partial charge in [0.05, 0.1) is 32.9 Å². The first-order valence-electron chi connectivity index (χ1n) is 11.5. The Morgan fingerprint density at radius 2 is 1.45 bits per heavy atom. The van der Waals surface area contributed by atoms with Crippen molar-refractivity contribution in [2.24, 2.45) is 5.92 Å². The summed E-state index contributed by atoms with van der Waals surface area (Å²) in [5, 5.41) is 5.51. The van der Waals surface area contributed by atoms with Crippen LogP contribution in [0, 0.1) is 30.3 Å². The number of halogens is 10. The molecule has 3 aromatic carbocycles. The second-order valence-electron chi connectivity index (χ2n) is 9.17. The van der Waals surface area contributed by atoms with Gasteiger partial charge in [-0.25, -0.2) is 13.2 Å². The van der Waals surface area contributed by atoms with E-state index in [1.54, 1.807) is 0 Å². The Morgan fingerprint density at radius 3 is 2.05 bits per heavy atom. The summed E-state index contributed by atoms with van der Waals surface area (Å²) >= 11 is 24.7. The molecule has 0 spiro atoms. The van der Waals surface area contributed by atoms with Crippen LogP contribution in [0.2, 0.25) is 10.0 Å². The normalized spacial score (nSPS) is 17.4. The Balaban J connectivity index is 1.55. The van der Waals surface area contributed by atoms with Crippen molar-refractivity contribution in [3.8, 4) is 0 Å². The van der Waals surface area contributed by atoms with E-state index in [2.05, 4.69) is 5.32 Å². The molecule has 0 heterocycles. The minimum absolute atomic E-state index is 0.0386. The van der Waals surface area contributed by atoms with Gasteiger partial charge in [0.1, 0.15) is 21.8 Å². The van der Waals surface area contributed by atoms with Crippen LogP contribution in [-0.4, -0.2) is 28.2 Å². The van der Waals surface area contributed by atoms with Crippen LogP contribution in [0.25, 0.3) is 0 Å². The molecule has 42 heavy (non-hydrogen) atoms. The number of rotatable bonds is 6. The second kappa shape index (κ2) is 11.5. The minimum Gasteiger partial charge on any atom is -0.326 e. The summed E-state index contributed by atoms with van der Waals surface area (Å²) in [5.74, 6) is -9.62. The molecule has 0 unspecified atom stereocenters. The highest BCUT2D eigenvalue weighted by Gasteiger charge is 2.67. The van der Waals surface area contributed by atoms with Crippen molar-refractivity contribution in [1.29, 1.82) is 0 Å². The van der Waals surface area contributed by atoms with Gasteiger partial charge < -0.3 is 16.0 Å². The number of hydrogen-bond donors (Lipinski definition) is 3. The van der Waals surface area contributed by atoms with Gasteiger partial charge in [0.2, 0.25) is 5.91 Å². The fourth-order valence-electron chi connectivity index (χ4n) is 4.12. The molecule has 1 fully saturated rings. The van der Waals surface area contributed by atoms with Crippen molar-refractivity contribution in [3.05, 3.63) is 86.7 Å². The van der Waals surface area contributed by atoms with E-state index in [1.165, 1.54) is 30.4 Å². The number of nitrogens with one attached hydrogen (secondary N) is 3. The molecule has 1 aliphatic carbocycles. The molecule has 1 aliphatic rings. The number of anilines is 3. The highest BCUT2D eigenvalue weighted by Crippen LogP contribution is 2.65. The highest BCUT2D eigenvalue weighted by molar-refractivity contribution is 6.53. The smallest absolute Gasteiger partial charge is 0.326 e. The third-order valence-corrected chi connectivity index (χ3v) is 7.95. The first-order chi connectivity index (χ1) is 19.4. The number of aryl methyl sites for hydroxylation is 1. The van der Waals surface area contributed by atoms with E-state index in [-0.39, 0.29) is 32.9 Å². The summed E-state index contributed by atoms with van der Waals surface area (Å²) in [6.07, 6.45) is -5.36. The van der Waals surface area contributed by atoms with Gasteiger partial charge in [-0.1, -0.05) is 29.3 Å². The predicted molar refractivity (Wildman–Crippen MR) is 146 cm³/mol. The first kappa shape index (κ1) is 31.7. The van der Waals surface area contributed by atoms with E-state index in [1.807, 2.05) is 5.32 Å². The van der Waals surface area contributed by atoms with Gasteiger partial charge in [-0.2, -0.15) is 13.2 Å². The summed E-state index contributed by atoms with van der Waals surface area (Å²) < 4.78 is 78.1. The van der Waals surface area contributed by atoms with Crippen molar-refractivity contribution in [3.63, 3.8) is 0 Å². The van der Waals surface area contributed by atoms with E-state index < -0.39 is 68.9 Å². The Bertz CT molecular complexity index is 1630. The summed E-state index contributed by atoms with van der Waals surface area (Å²) in [7, 11) is 0. The van der Waals surface area contributed by atoms with Crippen LogP contribution < -0.4 is 16.0 Å². The standard InChI is InChI=1S/C26H15Cl4F6N3O3/c1-9-4-11(37-23(41)20-19(25(20,29)30)10-2-3-14(31)13(27)5-10)6-12(21(9)28)22(40)38-17-8-18(16(33)7-15(17)32)39-24(42)26(34,35)36/h2-8,19-20H,1H3,(H,37,41)(H,38,40)(H,39,42)/t19-,20+/m0/s1. The molecule has 3 amide bonds. The molecular weight excluding hydrogens is 658 g/mol. The molecule has 0 radical (unpaired) electrons. The molecule has 0 saturated heterocycles. The first-order valence-corrected chi connectivity index (χ1v) is 13.0. The van der Waals surface area contributed by atoms with E-state index in [0.29, 0.717) is 11.6 Å². The van der Waals surface area contributed by atoms with Gasteiger partial charge in [-0.3, -0.25) is 14.4 Å². The molecule has 1 saturated carbocycles. The van der Waals surface area contributed by atoms with Crippen molar-refractivity contribution < 1.29 is 40.7 Å². The minimum atomic E-state index is -5.36. The maximum Gasteiger partial charge on any atom is 0.471 e. The number of benzene rings is 3. The third kappa shape index (κ3) is 6.41. The molecule has 4 rings (SSSR count). The zero-order valence-electron chi connectivity index (χ0n) is 20.7. The second-order valence-corrected chi connectivity index (χ2v) is 11.4. The van der Waals surface area contributed by atoms with Gasteiger partial charge in [-0.05, 0) is 48.4 Å². The van der Waals surface area contributed by atoms with Crippen LogP contribution in [-0.2, 0) is 9.59 Å². The fraction of sp³-hybridized carbons (Fsp3) is 0.192. The van der Waals surface area contributed by atoms with Crippen LogP contribution >= 0.6 is 46.4 Å². The third-order valence-electron chi connectivity index (χ3n) is 6.22. The number of amides is 3. The van der Waals surface area contributed by atoms with Crippen LogP contribution in [0.5, 0.6) is 0 Å². The molecular formula is C26H15Cl4F6N3O3. The number of alkyl halides is 5. The summed E-state index contributed by atoms with van der Waals surface area (Å²) in [6.45, 7) is 1.48. The van der Waals surface area contributed by atoms with Crippen LogP contribution in [0.3, 0.4) is 0 Å². The lowest BCUT2D eigenvalue weighted by Gasteiger charge is -2.14. The fourth-order valence-corrected chi connectivity index (χ4v) is 5.34. The summed E-state index contributed by atoms with van der Waals surface area (Å²) in [4.78, 5) is 37.2. The Labute approximate surface area is 253 Å². The molecule has 0 aliphatic heterocycles. The maximum absolute atomic E-state index is 14.4. The molecule has 3 aromatic rings. The lowest BCUT2D eigenvalue weighted by molar-refractivity contribution is -0.167. The van der Waals surface area contributed by atoms with Crippen LogP contribution in [0.4, 0.5) is 43.4 Å². The van der Waals surface area contributed by atoms with Gasteiger partial charge in [-0.15, -0.1) is 23.2 Å². The van der Waals surface area contributed by atoms with Gasteiger partial charge in [0.25, 0.3) is 5.91 Å². The summed E-state index contributed by atoms with van der Waals surface area (Å²) in [5.41, 5.74) is -1.42. The highest BCUT2D eigenvalue weighted by atomic mass is 35.5. The molecule has 6 nitrogen and oxygen atoms in total. The average Bonchev–Trinajstić information content (AvgIpc) is 3.46. The Kier molecular flexibility index (Phi) is 8.67. The predicted octanol–water partition coefficient (Wildman–Crippen LogP) is 8.00. The molecule has 222 valence electrons. The monoisotopic (exact) mass is 671 g/mol. The van der Waals surface area contributed by atoms with Crippen molar-refractivity contribution in [2.75, 3.05) is 16.0 Å². The molecule has 0 aromatic heterocycles. The topological polar surface area (TPSA) is 87.3 Å². The van der Waals surface area contributed by atoms with Crippen LogP contribution in [0.1, 0.15) is 27.4 Å². The van der Waals surface area contributed by atoms with E-state index in [0.717, 1.165) is 12.1 Å². The summed E-state index contributed by atoms with van der Waals surface area (Å²) in [6, 6.07) is 6.90. The van der Waals surface area contributed by atoms with Gasteiger partial charge in [0.15, 0.2) is 0 Å². The number of hydrogen-bond acceptors (Lipinski definition) is 3. The SMILES string of the molecule is Cc1cc(NC(=O)[C@H]2[C@H](c3ccc(F)c(Cl)c3)C2(Cl)Cl)cc(C(=O)Nc2cc(NC(=O)C(F)(F)F)c(F)cc2F)c1Cl. The lowest BCUT2D eigenvalue weighted by atomic mass is 10.1. The largest absolute Gasteiger partial charge is 0.471 e. The molecule has 16 heteroatoms.